The zero-order chi connectivity index (χ0) is 15.2. The second-order valence-electron chi connectivity index (χ2n) is 5.08. The summed E-state index contributed by atoms with van der Waals surface area (Å²) < 4.78 is 0. The number of hydrogen-bond acceptors (Lipinski definition) is 5. The molecule has 0 aliphatic carbocycles. The van der Waals surface area contributed by atoms with E-state index in [9.17, 15) is 0 Å². The topological polar surface area (TPSA) is 53.1 Å². The molecule has 1 aromatic carbocycles. The molecular weight excluding hydrogens is 286 g/mol. The van der Waals surface area contributed by atoms with Crippen LogP contribution in [0.1, 0.15) is 5.69 Å². The van der Waals surface area contributed by atoms with Crippen LogP contribution in [0.4, 0.5) is 17.5 Å². The minimum absolute atomic E-state index is 0.633. The van der Waals surface area contributed by atoms with E-state index in [0.29, 0.717) is 11.0 Å². The molecule has 5 nitrogen and oxygen atoms in total. The molecule has 1 heterocycles. The van der Waals surface area contributed by atoms with Crippen molar-refractivity contribution in [1.29, 1.82) is 0 Å². The van der Waals surface area contributed by atoms with E-state index in [1.165, 1.54) is 0 Å². The number of rotatable bonds is 6. The maximum Gasteiger partial charge on any atom is 0.224 e. The molecule has 0 saturated carbocycles. The van der Waals surface area contributed by atoms with E-state index in [1.54, 1.807) is 0 Å². The first-order valence-corrected chi connectivity index (χ1v) is 7.17. The summed E-state index contributed by atoms with van der Waals surface area (Å²) in [5.41, 5.74) is 1.85. The van der Waals surface area contributed by atoms with Crippen LogP contribution in [0, 0.1) is 6.92 Å². The molecule has 0 aliphatic rings. The van der Waals surface area contributed by atoms with Crippen molar-refractivity contribution in [2.45, 2.75) is 6.92 Å². The quantitative estimate of drug-likeness (QED) is 0.858. The molecule has 0 bridgehead atoms. The van der Waals surface area contributed by atoms with Crippen LogP contribution >= 0.6 is 11.6 Å². The zero-order valence-electron chi connectivity index (χ0n) is 12.5. The van der Waals surface area contributed by atoms with Crippen LogP contribution in [0.3, 0.4) is 0 Å². The molecular formula is C15H20ClN5. The van der Waals surface area contributed by atoms with Crippen molar-refractivity contribution < 1.29 is 0 Å². The van der Waals surface area contributed by atoms with E-state index in [2.05, 4.69) is 25.5 Å². The number of likely N-dealkylation sites (N-methyl/N-ethyl adjacent to an activating group) is 1. The molecule has 1 aromatic heterocycles. The summed E-state index contributed by atoms with van der Waals surface area (Å²) in [6.07, 6.45) is 0. The average molecular weight is 306 g/mol. The fourth-order valence-electron chi connectivity index (χ4n) is 1.78. The Morgan fingerprint density at radius 2 is 1.86 bits per heavy atom. The summed E-state index contributed by atoms with van der Waals surface area (Å²) in [5.74, 6) is 1.39. The molecule has 2 rings (SSSR count). The Labute approximate surface area is 130 Å². The van der Waals surface area contributed by atoms with Crippen molar-refractivity contribution in [2.75, 3.05) is 37.8 Å². The van der Waals surface area contributed by atoms with Crippen LogP contribution < -0.4 is 10.6 Å². The molecule has 0 saturated heterocycles. The predicted molar refractivity (Wildman–Crippen MR) is 88.5 cm³/mol. The van der Waals surface area contributed by atoms with Crippen LogP contribution in [0.25, 0.3) is 0 Å². The number of aromatic nitrogens is 2. The van der Waals surface area contributed by atoms with E-state index in [1.807, 2.05) is 51.4 Å². The molecule has 2 N–H and O–H groups in total. The lowest BCUT2D eigenvalue weighted by Crippen LogP contribution is -2.21. The highest BCUT2D eigenvalue weighted by molar-refractivity contribution is 6.30. The number of aryl methyl sites for hydroxylation is 1. The number of nitrogens with zero attached hydrogens (tertiary/aromatic N) is 3. The van der Waals surface area contributed by atoms with E-state index in [0.717, 1.165) is 30.3 Å². The van der Waals surface area contributed by atoms with Gasteiger partial charge >= 0.3 is 0 Å². The van der Waals surface area contributed by atoms with Crippen molar-refractivity contribution in [1.82, 2.24) is 14.9 Å². The Hall–Kier alpha value is -1.85. The molecule has 21 heavy (non-hydrogen) atoms. The van der Waals surface area contributed by atoms with Crippen molar-refractivity contribution >= 4 is 29.1 Å². The van der Waals surface area contributed by atoms with Crippen molar-refractivity contribution in [3.63, 3.8) is 0 Å². The fourth-order valence-corrected chi connectivity index (χ4v) is 1.91. The highest BCUT2D eigenvalue weighted by Crippen LogP contribution is 2.18. The Bertz CT molecular complexity index is 583. The average Bonchev–Trinajstić information content (AvgIpc) is 2.40. The van der Waals surface area contributed by atoms with Gasteiger partial charge in [-0.2, -0.15) is 4.98 Å². The molecule has 2 aromatic rings. The number of nitrogens with one attached hydrogen (secondary N) is 2. The Morgan fingerprint density at radius 1 is 1.14 bits per heavy atom. The first-order valence-electron chi connectivity index (χ1n) is 6.80. The van der Waals surface area contributed by atoms with Gasteiger partial charge in [-0.05, 0) is 45.3 Å². The Kier molecular flexibility index (Phi) is 5.36. The van der Waals surface area contributed by atoms with Crippen molar-refractivity contribution in [3.05, 3.63) is 41.0 Å². The molecule has 0 amide bonds. The van der Waals surface area contributed by atoms with E-state index < -0.39 is 0 Å². The van der Waals surface area contributed by atoms with E-state index in [-0.39, 0.29) is 0 Å². The van der Waals surface area contributed by atoms with Crippen LogP contribution in [-0.4, -0.2) is 42.1 Å². The normalized spacial score (nSPS) is 10.7. The van der Waals surface area contributed by atoms with Crippen LogP contribution in [0.5, 0.6) is 0 Å². The lowest BCUT2D eigenvalue weighted by atomic mass is 10.3. The van der Waals surface area contributed by atoms with Gasteiger partial charge in [0.1, 0.15) is 5.82 Å². The molecule has 0 aliphatic heterocycles. The number of anilines is 3. The summed E-state index contributed by atoms with van der Waals surface area (Å²) >= 11 is 5.88. The third-order valence-electron chi connectivity index (χ3n) is 2.81. The maximum atomic E-state index is 5.88. The molecule has 0 unspecified atom stereocenters. The fraction of sp³-hybridized carbons (Fsp3) is 0.333. The van der Waals surface area contributed by atoms with E-state index >= 15 is 0 Å². The van der Waals surface area contributed by atoms with Gasteiger partial charge in [0.2, 0.25) is 5.95 Å². The third kappa shape index (κ3) is 5.21. The summed E-state index contributed by atoms with van der Waals surface area (Å²) in [4.78, 5) is 11.0. The van der Waals surface area contributed by atoms with Gasteiger partial charge in [0, 0.05) is 35.6 Å². The van der Waals surface area contributed by atoms with Gasteiger partial charge in [0.15, 0.2) is 0 Å². The van der Waals surface area contributed by atoms with Crippen LogP contribution in [0.15, 0.2) is 30.3 Å². The summed E-state index contributed by atoms with van der Waals surface area (Å²) in [6, 6.07) is 9.42. The Balaban J connectivity index is 2.05. The van der Waals surface area contributed by atoms with Crippen LogP contribution in [0.2, 0.25) is 5.02 Å². The highest BCUT2D eigenvalue weighted by Gasteiger charge is 2.03. The number of hydrogen-bond donors (Lipinski definition) is 2. The van der Waals surface area contributed by atoms with Crippen molar-refractivity contribution in [2.24, 2.45) is 0 Å². The summed E-state index contributed by atoms with van der Waals surface area (Å²) in [5, 5.41) is 7.19. The number of halogens is 1. The van der Waals surface area contributed by atoms with Gasteiger partial charge in [-0.15, -0.1) is 0 Å². The van der Waals surface area contributed by atoms with Crippen LogP contribution in [-0.2, 0) is 0 Å². The SMILES string of the molecule is Cc1cc(Nc2ccc(Cl)cc2)nc(NCCN(C)C)n1. The number of benzene rings is 1. The lowest BCUT2D eigenvalue weighted by molar-refractivity contribution is 0.425. The van der Waals surface area contributed by atoms with Gasteiger partial charge in [0.25, 0.3) is 0 Å². The maximum absolute atomic E-state index is 5.88. The van der Waals surface area contributed by atoms with Gasteiger partial charge in [0.05, 0.1) is 0 Å². The lowest BCUT2D eigenvalue weighted by Gasteiger charge is -2.12. The monoisotopic (exact) mass is 305 g/mol. The van der Waals surface area contributed by atoms with Gasteiger partial charge in [-0.1, -0.05) is 11.6 Å². The van der Waals surface area contributed by atoms with Gasteiger partial charge in [-0.25, -0.2) is 4.98 Å². The van der Waals surface area contributed by atoms with E-state index in [4.69, 9.17) is 11.6 Å². The zero-order valence-corrected chi connectivity index (χ0v) is 13.3. The standard InChI is InChI=1S/C15H20ClN5/c1-11-10-14(19-13-6-4-12(16)5-7-13)20-15(18-11)17-8-9-21(2)3/h4-7,10H,8-9H2,1-3H3,(H2,17,18,19,20). The summed E-state index contributed by atoms with van der Waals surface area (Å²) in [7, 11) is 4.07. The minimum Gasteiger partial charge on any atom is -0.353 e. The third-order valence-corrected chi connectivity index (χ3v) is 3.06. The molecule has 6 heteroatoms. The summed E-state index contributed by atoms with van der Waals surface area (Å²) in [6.45, 7) is 3.68. The largest absolute Gasteiger partial charge is 0.353 e. The highest BCUT2D eigenvalue weighted by atomic mass is 35.5. The van der Waals surface area contributed by atoms with Gasteiger partial charge < -0.3 is 15.5 Å². The first kappa shape index (κ1) is 15.5. The second kappa shape index (κ2) is 7.24. The second-order valence-corrected chi connectivity index (χ2v) is 5.52. The van der Waals surface area contributed by atoms with Gasteiger partial charge in [-0.3, -0.25) is 0 Å². The molecule has 0 spiro atoms. The smallest absolute Gasteiger partial charge is 0.224 e. The Morgan fingerprint density at radius 3 is 2.52 bits per heavy atom. The molecule has 0 atom stereocenters. The molecule has 112 valence electrons. The minimum atomic E-state index is 0.633. The first-order chi connectivity index (χ1) is 10.0. The molecule has 0 fully saturated rings. The predicted octanol–water partition coefficient (Wildman–Crippen LogP) is 3.16. The van der Waals surface area contributed by atoms with Crippen molar-refractivity contribution in [3.8, 4) is 0 Å². The molecule has 0 radical (unpaired) electrons.